The summed E-state index contributed by atoms with van der Waals surface area (Å²) < 4.78 is 6.63. The Balaban J connectivity index is 1.88. The summed E-state index contributed by atoms with van der Waals surface area (Å²) in [5, 5.41) is 0. The topological polar surface area (TPSA) is 9.23 Å². The third-order valence-electron chi connectivity index (χ3n) is 4.21. The van der Waals surface area contributed by atoms with E-state index in [2.05, 4.69) is 59.3 Å². The molecule has 2 heteroatoms. The Hall–Kier alpha value is -0.600. The van der Waals surface area contributed by atoms with Gasteiger partial charge >= 0.3 is 0 Å². The van der Waals surface area contributed by atoms with E-state index in [1.165, 1.54) is 37.7 Å². The second kappa shape index (κ2) is 8.63. The predicted octanol–water partition coefficient (Wildman–Crippen LogP) is 5.70. The summed E-state index contributed by atoms with van der Waals surface area (Å²) in [5.74, 6) is 1.69. The summed E-state index contributed by atoms with van der Waals surface area (Å²) in [5.41, 5.74) is 1.29. The van der Waals surface area contributed by atoms with E-state index in [4.69, 9.17) is 4.74 Å². The van der Waals surface area contributed by atoms with Gasteiger partial charge in [-0.1, -0.05) is 60.0 Å². The van der Waals surface area contributed by atoms with E-state index in [0.717, 1.165) is 29.5 Å². The first-order valence-electron chi connectivity index (χ1n) is 7.79. The number of allylic oxidation sites excluding steroid dienone is 1. The third kappa shape index (κ3) is 5.06. The Labute approximate surface area is 131 Å². The van der Waals surface area contributed by atoms with Crippen molar-refractivity contribution in [1.29, 1.82) is 0 Å². The second-order valence-corrected chi connectivity index (χ2v) is 6.60. The fourth-order valence-corrected chi connectivity index (χ4v) is 3.32. The largest absolute Gasteiger partial charge is 0.381 e. The van der Waals surface area contributed by atoms with Crippen molar-refractivity contribution >= 4 is 22.0 Å². The Bertz CT molecular complexity index is 404. The molecule has 1 saturated heterocycles. The highest BCUT2D eigenvalue weighted by molar-refractivity contribution is 9.10. The first-order valence-corrected chi connectivity index (χ1v) is 8.58. The summed E-state index contributed by atoms with van der Waals surface area (Å²) in [7, 11) is 0. The maximum atomic E-state index is 5.49. The summed E-state index contributed by atoms with van der Waals surface area (Å²) in [6, 6.07) is 8.51. The van der Waals surface area contributed by atoms with Crippen LogP contribution < -0.4 is 0 Å². The zero-order chi connectivity index (χ0) is 14.2. The standard InChI is InChI=1S/C18H25BrO/c1-2-4-16(17-11-13-20-14-12-17)6-3-5-15-7-9-18(19)10-8-15/h3,5,7-10,16-17H,2,4,6,11-14H2,1H3. The summed E-state index contributed by atoms with van der Waals surface area (Å²) in [6.07, 6.45) is 10.9. The van der Waals surface area contributed by atoms with Crippen LogP contribution in [-0.4, -0.2) is 13.2 Å². The van der Waals surface area contributed by atoms with Crippen molar-refractivity contribution in [1.82, 2.24) is 0 Å². The van der Waals surface area contributed by atoms with Crippen LogP contribution in [0.4, 0.5) is 0 Å². The third-order valence-corrected chi connectivity index (χ3v) is 4.74. The molecule has 0 amide bonds. The first kappa shape index (κ1) is 15.8. The molecule has 2 rings (SSSR count). The van der Waals surface area contributed by atoms with Crippen molar-refractivity contribution < 1.29 is 4.74 Å². The maximum absolute atomic E-state index is 5.49. The highest BCUT2D eigenvalue weighted by Gasteiger charge is 2.22. The highest BCUT2D eigenvalue weighted by atomic mass is 79.9. The van der Waals surface area contributed by atoms with E-state index in [1.54, 1.807) is 0 Å². The van der Waals surface area contributed by atoms with Crippen molar-refractivity contribution in [2.75, 3.05) is 13.2 Å². The number of rotatable bonds is 6. The minimum absolute atomic E-state index is 0.829. The molecule has 0 bridgehead atoms. The lowest BCUT2D eigenvalue weighted by Crippen LogP contribution is -2.23. The van der Waals surface area contributed by atoms with Gasteiger partial charge in [0.2, 0.25) is 0 Å². The van der Waals surface area contributed by atoms with Gasteiger partial charge in [-0.2, -0.15) is 0 Å². The van der Waals surface area contributed by atoms with Gasteiger partial charge < -0.3 is 4.74 Å². The summed E-state index contributed by atoms with van der Waals surface area (Å²) in [4.78, 5) is 0. The normalized spacial score (nSPS) is 18.5. The molecule has 1 aromatic carbocycles. The van der Waals surface area contributed by atoms with Gasteiger partial charge in [0, 0.05) is 17.7 Å². The number of hydrogen-bond donors (Lipinski definition) is 0. The number of ether oxygens (including phenoxy) is 1. The SMILES string of the molecule is CCCC(CC=Cc1ccc(Br)cc1)C1CCOCC1. The minimum Gasteiger partial charge on any atom is -0.381 e. The van der Waals surface area contributed by atoms with Crippen molar-refractivity contribution in [3.63, 3.8) is 0 Å². The van der Waals surface area contributed by atoms with Crippen LogP contribution in [0.1, 0.15) is 44.6 Å². The Morgan fingerprint density at radius 2 is 1.95 bits per heavy atom. The van der Waals surface area contributed by atoms with Crippen LogP contribution in [0, 0.1) is 11.8 Å². The molecule has 0 aliphatic carbocycles. The molecule has 1 aromatic rings. The molecule has 110 valence electrons. The van der Waals surface area contributed by atoms with E-state index in [0.29, 0.717) is 0 Å². The highest BCUT2D eigenvalue weighted by Crippen LogP contribution is 2.30. The van der Waals surface area contributed by atoms with Gasteiger partial charge in [0.1, 0.15) is 0 Å². The van der Waals surface area contributed by atoms with Crippen LogP contribution in [0.3, 0.4) is 0 Å². The molecule has 0 radical (unpaired) electrons. The van der Waals surface area contributed by atoms with E-state index in [9.17, 15) is 0 Å². The summed E-state index contributed by atoms with van der Waals surface area (Å²) >= 11 is 3.47. The second-order valence-electron chi connectivity index (χ2n) is 5.69. The van der Waals surface area contributed by atoms with Crippen LogP contribution in [0.15, 0.2) is 34.8 Å². The van der Waals surface area contributed by atoms with Crippen molar-refractivity contribution in [3.05, 3.63) is 40.4 Å². The molecule has 1 unspecified atom stereocenters. The fourth-order valence-electron chi connectivity index (χ4n) is 3.06. The molecule has 0 saturated carbocycles. The van der Waals surface area contributed by atoms with Gasteiger partial charge in [-0.25, -0.2) is 0 Å². The lowest BCUT2D eigenvalue weighted by Gasteiger charge is -2.29. The van der Waals surface area contributed by atoms with Crippen molar-refractivity contribution in [2.45, 2.75) is 39.0 Å². The molecular weight excluding hydrogens is 312 g/mol. The molecule has 1 heterocycles. The smallest absolute Gasteiger partial charge is 0.0468 e. The van der Waals surface area contributed by atoms with Crippen LogP contribution in [0.2, 0.25) is 0 Å². The van der Waals surface area contributed by atoms with E-state index < -0.39 is 0 Å². The van der Waals surface area contributed by atoms with Crippen molar-refractivity contribution in [3.8, 4) is 0 Å². The van der Waals surface area contributed by atoms with Crippen molar-refractivity contribution in [2.24, 2.45) is 11.8 Å². The molecule has 20 heavy (non-hydrogen) atoms. The molecule has 1 aliphatic rings. The Morgan fingerprint density at radius 1 is 1.25 bits per heavy atom. The van der Waals surface area contributed by atoms with E-state index in [1.807, 2.05) is 0 Å². The van der Waals surface area contributed by atoms with E-state index in [-0.39, 0.29) is 0 Å². The summed E-state index contributed by atoms with van der Waals surface area (Å²) in [6.45, 7) is 4.22. The minimum atomic E-state index is 0.829. The molecular formula is C18H25BrO. The van der Waals surface area contributed by atoms with E-state index >= 15 is 0 Å². The molecule has 1 atom stereocenters. The zero-order valence-corrected chi connectivity index (χ0v) is 13.9. The lowest BCUT2D eigenvalue weighted by atomic mass is 9.81. The first-order chi connectivity index (χ1) is 9.79. The quantitative estimate of drug-likeness (QED) is 0.647. The molecule has 1 aliphatic heterocycles. The average molecular weight is 337 g/mol. The van der Waals surface area contributed by atoms with Gasteiger partial charge in [0.05, 0.1) is 0 Å². The van der Waals surface area contributed by atoms with Gasteiger partial charge in [-0.3, -0.25) is 0 Å². The number of hydrogen-bond acceptors (Lipinski definition) is 1. The van der Waals surface area contributed by atoms with Gasteiger partial charge in [0.15, 0.2) is 0 Å². The van der Waals surface area contributed by atoms with Gasteiger partial charge in [0.25, 0.3) is 0 Å². The lowest BCUT2D eigenvalue weighted by molar-refractivity contribution is 0.0453. The molecule has 1 fully saturated rings. The molecule has 1 nitrogen and oxygen atoms in total. The van der Waals surface area contributed by atoms with Gasteiger partial charge in [-0.15, -0.1) is 0 Å². The number of benzene rings is 1. The number of halogens is 1. The fraction of sp³-hybridized carbons (Fsp3) is 0.556. The predicted molar refractivity (Wildman–Crippen MR) is 89.7 cm³/mol. The van der Waals surface area contributed by atoms with Crippen LogP contribution >= 0.6 is 15.9 Å². The monoisotopic (exact) mass is 336 g/mol. The average Bonchev–Trinajstić information content (AvgIpc) is 2.49. The Morgan fingerprint density at radius 3 is 2.60 bits per heavy atom. The Kier molecular flexibility index (Phi) is 6.81. The molecule has 0 aromatic heterocycles. The van der Waals surface area contributed by atoms with Crippen LogP contribution in [-0.2, 0) is 4.74 Å². The maximum Gasteiger partial charge on any atom is 0.0468 e. The molecule has 0 N–H and O–H groups in total. The van der Waals surface area contributed by atoms with Gasteiger partial charge in [-0.05, 0) is 48.8 Å². The van der Waals surface area contributed by atoms with Crippen LogP contribution in [0.25, 0.3) is 6.08 Å². The van der Waals surface area contributed by atoms with Crippen LogP contribution in [0.5, 0.6) is 0 Å². The molecule has 0 spiro atoms. The zero-order valence-electron chi connectivity index (χ0n) is 12.4.